The van der Waals surface area contributed by atoms with Crippen molar-refractivity contribution in [2.24, 2.45) is 7.05 Å². The van der Waals surface area contributed by atoms with Crippen molar-refractivity contribution in [3.63, 3.8) is 0 Å². The van der Waals surface area contributed by atoms with E-state index in [0.29, 0.717) is 26.2 Å². The number of likely N-dealkylation sites (tertiary alicyclic amines) is 1. The second kappa shape index (κ2) is 9.97. The molecule has 4 amide bonds. The molecule has 2 aliphatic rings. The monoisotopic (exact) mass is 485 g/mol. The topological polar surface area (TPSA) is 99.1 Å². The molecule has 3 N–H and O–H groups in total. The van der Waals surface area contributed by atoms with Gasteiger partial charge in [-0.15, -0.1) is 0 Å². The molecule has 0 unspecified atom stereocenters. The second-order valence-electron chi connectivity index (χ2n) is 10.1. The van der Waals surface area contributed by atoms with Gasteiger partial charge in [-0.1, -0.05) is 6.92 Å². The maximum absolute atomic E-state index is 13.3. The Hall–Kier alpha value is -2.94. The third-order valence-corrected chi connectivity index (χ3v) is 7.53. The van der Waals surface area contributed by atoms with E-state index < -0.39 is 6.04 Å². The third-order valence-electron chi connectivity index (χ3n) is 7.53. The van der Waals surface area contributed by atoms with Crippen LogP contribution in [-0.4, -0.2) is 77.5 Å². The summed E-state index contributed by atoms with van der Waals surface area (Å²) in [6, 6.07) is 5.41. The van der Waals surface area contributed by atoms with Gasteiger partial charge < -0.3 is 34.8 Å². The number of nitrogens with one attached hydrogen (secondary N) is 2. The number of hydrogen-bond donors (Lipinski definition) is 3. The van der Waals surface area contributed by atoms with Gasteiger partial charge >= 0.3 is 12.1 Å². The minimum atomic E-state index is -0.455. The summed E-state index contributed by atoms with van der Waals surface area (Å²) in [4.78, 5) is 29.7. The van der Waals surface area contributed by atoms with Crippen molar-refractivity contribution in [1.29, 1.82) is 0 Å². The number of benzene rings is 1. The van der Waals surface area contributed by atoms with Gasteiger partial charge in [0, 0.05) is 61.8 Å². The summed E-state index contributed by atoms with van der Waals surface area (Å²) in [5, 5.41) is 17.6. The van der Waals surface area contributed by atoms with Crippen LogP contribution in [0, 0.1) is 0 Å². The minimum absolute atomic E-state index is 0.0138. The summed E-state index contributed by atoms with van der Waals surface area (Å²) >= 11 is 0. The average Bonchev–Trinajstić information content (AvgIpc) is 3.15. The number of amides is 4. The molecule has 2 aromatic rings. The molecule has 4 rings (SSSR count). The Morgan fingerprint density at radius 3 is 2.54 bits per heavy atom. The van der Waals surface area contributed by atoms with Gasteiger partial charge in [0.1, 0.15) is 5.75 Å². The molecule has 35 heavy (non-hydrogen) atoms. The summed E-state index contributed by atoms with van der Waals surface area (Å²) in [7, 11) is 3.65. The predicted octanol–water partition coefficient (Wildman–Crippen LogP) is 3.11. The maximum atomic E-state index is 13.3. The van der Waals surface area contributed by atoms with Crippen molar-refractivity contribution in [1.82, 2.24) is 25.0 Å². The number of nitrogens with zero attached hydrogens (tertiary/aromatic N) is 3. The lowest BCUT2D eigenvalue weighted by molar-refractivity contribution is 0.0712. The molecule has 1 spiro atoms. The molecule has 0 bridgehead atoms. The van der Waals surface area contributed by atoms with E-state index in [9.17, 15) is 14.7 Å². The van der Waals surface area contributed by atoms with Crippen LogP contribution in [0.4, 0.5) is 9.59 Å². The van der Waals surface area contributed by atoms with Crippen molar-refractivity contribution < 1.29 is 19.4 Å². The first-order valence-corrected chi connectivity index (χ1v) is 12.6. The molecule has 0 radical (unpaired) electrons. The van der Waals surface area contributed by atoms with Crippen LogP contribution in [-0.2, 0) is 12.5 Å². The Morgan fingerprint density at radius 2 is 1.94 bits per heavy atom. The van der Waals surface area contributed by atoms with Gasteiger partial charge in [0.15, 0.2) is 0 Å². The van der Waals surface area contributed by atoms with Crippen molar-refractivity contribution in [3.8, 4) is 5.75 Å². The summed E-state index contributed by atoms with van der Waals surface area (Å²) in [6.07, 6.45) is 2.39. The number of carbonyl (C=O) groups excluding carboxylic acids is 2. The third kappa shape index (κ3) is 4.42. The highest BCUT2D eigenvalue weighted by molar-refractivity contribution is 5.89. The number of fused-ring (bicyclic) bond motifs is 4. The lowest BCUT2D eigenvalue weighted by atomic mass is 9.68. The summed E-state index contributed by atoms with van der Waals surface area (Å²) in [5.41, 5.74) is 2.86. The van der Waals surface area contributed by atoms with E-state index in [0.717, 1.165) is 41.6 Å². The van der Waals surface area contributed by atoms with Crippen LogP contribution in [0.15, 0.2) is 18.2 Å². The number of urea groups is 2. The number of carbonyl (C=O) groups is 2. The number of aromatic nitrogens is 1. The van der Waals surface area contributed by atoms with Crippen molar-refractivity contribution in [3.05, 3.63) is 29.5 Å². The number of piperidine rings is 1. The zero-order valence-electron chi connectivity index (χ0n) is 21.6. The fourth-order valence-corrected chi connectivity index (χ4v) is 5.79. The van der Waals surface area contributed by atoms with Crippen LogP contribution in [0.25, 0.3) is 10.9 Å². The molecule has 9 nitrogen and oxygen atoms in total. The fraction of sp³-hybridized carbons (Fsp3) is 0.615. The summed E-state index contributed by atoms with van der Waals surface area (Å²) in [6.45, 7) is 8.15. The first kappa shape index (κ1) is 25.2. The predicted molar refractivity (Wildman–Crippen MR) is 136 cm³/mol. The molecule has 9 heteroatoms. The Morgan fingerprint density at radius 1 is 1.23 bits per heavy atom. The SMILES string of the molecule is CCCNC(=O)N1CCC2(CC1)CN(C(=O)NC(C)C)[C@H](CO)c1c2c2ccc(OC)cc2n1C. The largest absolute Gasteiger partial charge is 0.497 e. The standard InChI is InChI=1S/C26H39N5O4/c1-6-11-27-24(33)30-12-9-26(10-13-30)16-31(25(34)28-17(2)3)21(15-32)23-22(26)19-8-7-18(35-5)14-20(19)29(23)4/h7-8,14,17,21,32H,6,9-13,15-16H2,1-5H3,(H,27,33)(H,28,34)/t21-/m1/s1. The molecule has 1 fully saturated rings. The molecule has 1 atom stereocenters. The van der Waals surface area contributed by atoms with Crippen molar-refractivity contribution >= 4 is 23.0 Å². The average molecular weight is 486 g/mol. The molecule has 1 saturated heterocycles. The molecule has 1 aromatic carbocycles. The van der Waals surface area contributed by atoms with Crippen LogP contribution < -0.4 is 15.4 Å². The second-order valence-corrected chi connectivity index (χ2v) is 10.1. The zero-order valence-corrected chi connectivity index (χ0v) is 21.6. The van der Waals surface area contributed by atoms with E-state index in [-0.39, 0.29) is 30.1 Å². The van der Waals surface area contributed by atoms with E-state index in [1.54, 1.807) is 12.0 Å². The first-order chi connectivity index (χ1) is 16.8. The van der Waals surface area contributed by atoms with Crippen LogP contribution in [0.2, 0.25) is 0 Å². The van der Waals surface area contributed by atoms with Crippen molar-refractivity contribution in [2.75, 3.05) is 39.9 Å². The quantitative estimate of drug-likeness (QED) is 0.606. The number of methoxy groups -OCH3 is 1. The van der Waals surface area contributed by atoms with Gasteiger partial charge in [0.05, 0.1) is 25.3 Å². The van der Waals surface area contributed by atoms with Crippen LogP contribution in [0.3, 0.4) is 0 Å². The number of aryl methyl sites for hydroxylation is 1. The van der Waals surface area contributed by atoms with E-state index in [2.05, 4.69) is 21.3 Å². The molecule has 0 aliphatic carbocycles. The summed E-state index contributed by atoms with van der Waals surface area (Å²) in [5.74, 6) is 0.766. The van der Waals surface area contributed by atoms with Crippen LogP contribution in [0.1, 0.15) is 57.3 Å². The van der Waals surface area contributed by atoms with Crippen LogP contribution >= 0.6 is 0 Å². The highest BCUT2D eigenvalue weighted by Gasteiger charge is 2.49. The Labute approximate surface area is 207 Å². The van der Waals surface area contributed by atoms with E-state index >= 15 is 0 Å². The Kier molecular flexibility index (Phi) is 7.17. The number of rotatable bonds is 5. The van der Waals surface area contributed by atoms with Crippen LogP contribution in [0.5, 0.6) is 5.75 Å². The number of hydrogen-bond acceptors (Lipinski definition) is 4. The van der Waals surface area contributed by atoms with Gasteiger partial charge in [-0.25, -0.2) is 9.59 Å². The lowest BCUT2D eigenvalue weighted by Crippen LogP contribution is -2.58. The van der Waals surface area contributed by atoms with Gasteiger partial charge in [-0.05, 0) is 50.8 Å². The molecule has 2 aliphatic heterocycles. The Balaban J connectivity index is 1.80. The van der Waals surface area contributed by atoms with E-state index in [4.69, 9.17) is 4.74 Å². The normalized spacial score (nSPS) is 19.2. The fourth-order valence-electron chi connectivity index (χ4n) is 5.79. The van der Waals surface area contributed by atoms with E-state index in [1.807, 2.05) is 44.9 Å². The van der Waals surface area contributed by atoms with Crippen molar-refractivity contribution in [2.45, 2.75) is 57.5 Å². The highest BCUT2D eigenvalue weighted by Crippen LogP contribution is 2.50. The number of ether oxygens (including phenoxy) is 1. The van der Waals surface area contributed by atoms with Gasteiger partial charge in [-0.2, -0.15) is 0 Å². The van der Waals surface area contributed by atoms with E-state index in [1.165, 1.54) is 5.56 Å². The van der Waals surface area contributed by atoms with Gasteiger partial charge in [0.25, 0.3) is 0 Å². The minimum Gasteiger partial charge on any atom is -0.497 e. The summed E-state index contributed by atoms with van der Waals surface area (Å²) < 4.78 is 7.59. The van der Waals surface area contributed by atoms with Gasteiger partial charge in [0.2, 0.25) is 0 Å². The molecular weight excluding hydrogens is 446 g/mol. The molecule has 192 valence electrons. The highest BCUT2D eigenvalue weighted by atomic mass is 16.5. The molecular formula is C26H39N5O4. The number of aliphatic hydroxyl groups excluding tert-OH is 1. The maximum Gasteiger partial charge on any atom is 0.318 e. The number of aliphatic hydroxyl groups is 1. The lowest BCUT2D eigenvalue weighted by Gasteiger charge is -2.50. The van der Waals surface area contributed by atoms with Gasteiger partial charge in [-0.3, -0.25) is 0 Å². The first-order valence-electron chi connectivity index (χ1n) is 12.6. The molecule has 3 heterocycles. The Bertz CT molecular complexity index is 1090. The molecule has 0 saturated carbocycles. The molecule has 1 aromatic heterocycles. The smallest absolute Gasteiger partial charge is 0.318 e. The zero-order chi connectivity index (χ0) is 25.3.